The van der Waals surface area contributed by atoms with Crippen molar-refractivity contribution in [1.82, 2.24) is 4.57 Å². The largest absolute Gasteiger partial charge is 0.382 e. The van der Waals surface area contributed by atoms with Gasteiger partial charge in [-0.2, -0.15) is 0 Å². The molecule has 4 nitrogen and oxygen atoms in total. The summed E-state index contributed by atoms with van der Waals surface area (Å²) < 4.78 is 2.20. The summed E-state index contributed by atoms with van der Waals surface area (Å²) in [6.45, 7) is 8.56. The van der Waals surface area contributed by atoms with E-state index in [0.717, 1.165) is 44.8 Å². The van der Waals surface area contributed by atoms with Crippen molar-refractivity contribution < 1.29 is 14.9 Å². The minimum absolute atomic E-state index is 0.407. The minimum Gasteiger partial charge on any atom is -0.382 e. The van der Waals surface area contributed by atoms with Gasteiger partial charge in [0.1, 0.15) is 38.8 Å². The second-order valence-corrected chi connectivity index (χ2v) is 8.31. The molecule has 0 unspecified atom stereocenters. The van der Waals surface area contributed by atoms with E-state index < -0.39 is 6.10 Å². The van der Waals surface area contributed by atoms with Crippen LogP contribution in [0.3, 0.4) is 0 Å². The van der Waals surface area contributed by atoms with Gasteiger partial charge in [-0.25, -0.2) is 0 Å². The van der Waals surface area contributed by atoms with Crippen LogP contribution in [0.15, 0.2) is 60.7 Å². The lowest BCUT2D eigenvalue weighted by Crippen LogP contribution is -3.28. The van der Waals surface area contributed by atoms with Crippen LogP contribution in [0.2, 0.25) is 0 Å². The molecule has 1 fully saturated rings. The highest BCUT2D eigenvalue weighted by molar-refractivity contribution is 5.85. The number of fused-ring (bicyclic) bond motifs is 1. The third kappa shape index (κ3) is 4.45. The minimum atomic E-state index is -0.407. The summed E-state index contributed by atoms with van der Waals surface area (Å²) in [7, 11) is 2.09. The van der Waals surface area contributed by atoms with Crippen molar-refractivity contribution in [2.75, 3.05) is 39.3 Å². The van der Waals surface area contributed by atoms with Crippen LogP contribution in [-0.4, -0.2) is 48.9 Å². The number of aliphatic hydroxyl groups is 1. The van der Waals surface area contributed by atoms with E-state index in [9.17, 15) is 5.11 Å². The van der Waals surface area contributed by atoms with Crippen LogP contribution >= 0.6 is 0 Å². The van der Waals surface area contributed by atoms with Gasteiger partial charge in [-0.3, -0.25) is 0 Å². The van der Waals surface area contributed by atoms with E-state index in [1.807, 2.05) is 0 Å². The molecule has 0 amide bonds. The summed E-state index contributed by atoms with van der Waals surface area (Å²) >= 11 is 0. The van der Waals surface area contributed by atoms with Crippen molar-refractivity contribution in [2.45, 2.75) is 13.0 Å². The van der Waals surface area contributed by atoms with Gasteiger partial charge in [-0.15, -0.1) is 0 Å². The fourth-order valence-corrected chi connectivity index (χ4v) is 4.64. The zero-order chi connectivity index (χ0) is 20.2. The quantitative estimate of drug-likeness (QED) is 0.576. The topological polar surface area (TPSA) is 34.0 Å². The van der Waals surface area contributed by atoms with E-state index in [1.54, 1.807) is 4.90 Å². The molecule has 1 aliphatic rings. The molecule has 0 spiro atoms. The van der Waals surface area contributed by atoms with Crippen LogP contribution in [0.4, 0.5) is 0 Å². The van der Waals surface area contributed by atoms with E-state index in [4.69, 9.17) is 0 Å². The van der Waals surface area contributed by atoms with Crippen LogP contribution in [-0.2, 0) is 7.05 Å². The molecule has 29 heavy (non-hydrogen) atoms. The Morgan fingerprint density at radius 3 is 2.38 bits per heavy atom. The molecule has 4 rings (SSSR count). The number of rotatable bonds is 6. The van der Waals surface area contributed by atoms with Crippen molar-refractivity contribution in [3.63, 3.8) is 0 Å². The fraction of sp³-hybridized carbons (Fsp3) is 0.360. The number of nitrogens with one attached hydrogen (secondary N) is 2. The zero-order valence-electron chi connectivity index (χ0n) is 17.6. The number of hydrogen-bond acceptors (Lipinski definition) is 1. The Morgan fingerprint density at radius 1 is 0.966 bits per heavy atom. The molecule has 1 atom stereocenters. The van der Waals surface area contributed by atoms with Crippen molar-refractivity contribution >= 4 is 17.0 Å². The maximum Gasteiger partial charge on any atom is 0.130 e. The lowest BCUT2D eigenvalue weighted by Gasteiger charge is -2.30. The Kier molecular flexibility index (Phi) is 6.14. The van der Waals surface area contributed by atoms with Crippen LogP contribution in [0.25, 0.3) is 17.0 Å². The number of aliphatic hydroxyl groups excluding tert-OH is 1. The molecule has 3 N–H and O–H groups in total. The predicted molar refractivity (Wildman–Crippen MR) is 119 cm³/mol. The van der Waals surface area contributed by atoms with E-state index in [-0.39, 0.29) is 0 Å². The predicted octanol–water partition coefficient (Wildman–Crippen LogP) is 1.02. The molecular formula is C25H33N3O+2. The first kappa shape index (κ1) is 19.9. The first-order valence-corrected chi connectivity index (χ1v) is 10.7. The molecule has 2 aromatic carbocycles. The third-order valence-corrected chi connectivity index (χ3v) is 6.44. The van der Waals surface area contributed by atoms with Crippen LogP contribution in [0.1, 0.15) is 22.9 Å². The number of para-hydroxylation sites is 1. The number of aromatic nitrogens is 1. The summed E-state index contributed by atoms with van der Waals surface area (Å²) in [6, 6.07) is 18.9. The highest BCUT2D eigenvalue weighted by Crippen LogP contribution is 2.29. The molecule has 0 saturated carbocycles. The van der Waals surface area contributed by atoms with Gasteiger partial charge in [0, 0.05) is 29.2 Å². The molecule has 0 bridgehead atoms. The van der Waals surface area contributed by atoms with Gasteiger partial charge in [0.25, 0.3) is 0 Å². The second-order valence-electron chi connectivity index (χ2n) is 8.31. The van der Waals surface area contributed by atoms with E-state index in [1.165, 1.54) is 27.1 Å². The maximum atomic E-state index is 11.0. The molecule has 3 aromatic rings. The second kappa shape index (κ2) is 8.95. The fourth-order valence-electron chi connectivity index (χ4n) is 4.64. The monoisotopic (exact) mass is 391 g/mol. The summed E-state index contributed by atoms with van der Waals surface area (Å²) in [5, 5.41) is 12.2. The third-order valence-electron chi connectivity index (χ3n) is 6.44. The Hall–Kier alpha value is -2.40. The van der Waals surface area contributed by atoms with Crippen LogP contribution < -0.4 is 9.80 Å². The van der Waals surface area contributed by atoms with Gasteiger partial charge >= 0.3 is 0 Å². The Morgan fingerprint density at radius 2 is 1.62 bits per heavy atom. The summed E-state index contributed by atoms with van der Waals surface area (Å²) in [5.41, 5.74) is 4.75. The van der Waals surface area contributed by atoms with Gasteiger partial charge in [-0.05, 0) is 24.6 Å². The Labute approximate surface area is 173 Å². The average molecular weight is 392 g/mol. The molecule has 0 aliphatic carbocycles. The zero-order valence-corrected chi connectivity index (χ0v) is 17.6. The first-order valence-electron chi connectivity index (χ1n) is 10.7. The average Bonchev–Trinajstić information content (AvgIpc) is 3.01. The molecular weight excluding hydrogens is 358 g/mol. The SMILES string of the molecule is Cc1c([C@@H](O)C[NH+]2CC[NH+](C/C=C/c3ccccc3)CC2)c2ccccc2n1C. The van der Waals surface area contributed by atoms with E-state index in [0.29, 0.717) is 0 Å². The lowest BCUT2D eigenvalue weighted by molar-refractivity contribution is -1.01. The first-order chi connectivity index (χ1) is 14.1. The molecule has 0 radical (unpaired) electrons. The molecule has 1 saturated heterocycles. The standard InChI is InChI=1S/C25H31N3O/c1-20-25(22-12-6-7-13-23(22)26(20)2)24(29)19-28-17-15-27(16-18-28)14-8-11-21-9-4-3-5-10-21/h3-13,24,29H,14-19H2,1-2H3/p+2/b11-8+/t24-/m0/s1. The number of benzene rings is 2. The highest BCUT2D eigenvalue weighted by atomic mass is 16.3. The lowest BCUT2D eigenvalue weighted by atomic mass is 10.0. The highest BCUT2D eigenvalue weighted by Gasteiger charge is 2.27. The summed E-state index contributed by atoms with van der Waals surface area (Å²) in [5.74, 6) is 0. The molecule has 1 aromatic heterocycles. The maximum absolute atomic E-state index is 11.0. The van der Waals surface area contributed by atoms with Crippen molar-refractivity contribution in [2.24, 2.45) is 7.05 Å². The normalized spacial score (nSPS) is 21.1. The number of nitrogens with zero attached hydrogens (tertiary/aromatic N) is 1. The number of piperazine rings is 1. The van der Waals surface area contributed by atoms with Crippen LogP contribution in [0.5, 0.6) is 0 Å². The summed E-state index contributed by atoms with van der Waals surface area (Å²) in [4.78, 5) is 3.15. The molecule has 2 heterocycles. The van der Waals surface area contributed by atoms with Gasteiger partial charge < -0.3 is 19.5 Å². The van der Waals surface area contributed by atoms with E-state index >= 15 is 0 Å². The van der Waals surface area contributed by atoms with Gasteiger partial charge in [0.05, 0.1) is 6.54 Å². The van der Waals surface area contributed by atoms with Crippen molar-refractivity contribution in [3.05, 3.63) is 77.5 Å². The number of hydrogen-bond donors (Lipinski definition) is 3. The Balaban J connectivity index is 1.32. The van der Waals surface area contributed by atoms with Crippen molar-refractivity contribution in [3.8, 4) is 0 Å². The van der Waals surface area contributed by atoms with Crippen molar-refractivity contribution in [1.29, 1.82) is 0 Å². The molecule has 4 heteroatoms. The Bertz CT molecular complexity index is 968. The smallest absolute Gasteiger partial charge is 0.130 e. The number of aryl methyl sites for hydroxylation is 1. The molecule has 152 valence electrons. The van der Waals surface area contributed by atoms with E-state index in [2.05, 4.69) is 85.3 Å². The van der Waals surface area contributed by atoms with Crippen LogP contribution in [0, 0.1) is 6.92 Å². The number of quaternary nitrogens is 2. The van der Waals surface area contributed by atoms with Gasteiger partial charge in [0.2, 0.25) is 0 Å². The molecule has 1 aliphatic heterocycles. The summed E-state index contributed by atoms with van der Waals surface area (Å²) in [6.07, 6.45) is 4.11. The van der Waals surface area contributed by atoms with Gasteiger partial charge in [0.15, 0.2) is 0 Å². The van der Waals surface area contributed by atoms with Gasteiger partial charge in [-0.1, -0.05) is 54.6 Å².